The number of fused-ring (bicyclic) bond motifs is 1. The van der Waals surface area contributed by atoms with Gasteiger partial charge in [0.05, 0.1) is 22.4 Å². The minimum Gasteiger partial charge on any atom is -0.399 e. The van der Waals surface area contributed by atoms with E-state index in [0.717, 1.165) is 4.90 Å². The zero-order valence-electron chi connectivity index (χ0n) is 11.4. The van der Waals surface area contributed by atoms with Crippen LogP contribution in [0.25, 0.3) is 0 Å². The summed E-state index contributed by atoms with van der Waals surface area (Å²) in [5.41, 5.74) is 17.6. The number of benzene rings is 2. The van der Waals surface area contributed by atoms with Crippen LogP contribution in [0.15, 0.2) is 36.4 Å². The first kappa shape index (κ1) is 13.6. The third-order valence-electron chi connectivity index (χ3n) is 3.47. The van der Waals surface area contributed by atoms with Gasteiger partial charge in [0.1, 0.15) is 0 Å². The minimum atomic E-state index is -0.785. The van der Waals surface area contributed by atoms with Crippen LogP contribution in [0.5, 0.6) is 0 Å². The lowest BCUT2D eigenvalue weighted by Gasteiger charge is -2.17. The molecule has 0 saturated heterocycles. The Morgan fingerprint density at radius 1 is 1.00 bits per heavy atom. The Hall–Kier alpha value is -3.35. The molecule has 2 aromatic rings. The number of carbonyl (C=O) groups is 3. The topological polar surface area (TPSA) is 133 Å². The number of primary amides is 1. The fourth-order valence-electron chi connectivity index (χ4n) is 2.48. The van der Waals surface area contributed by atoms with E-state index in [1.165, 1.54) is 30.3 Å². The molecular weight excluding hydrogens is 284 g/mol. The smallest absolute Gasteiger partial charge is 0.268 e. The molecule has 0 aliphatic carbocycles. The molecule has 0 atom stereocenters. The largest absolute Gasteiger partial charge is 0.399 e. The van der Waals surface area contributed by atoms with Crippen molar-refractivity contribution in [2.75, 3.05) is 16.4 Å². The third kappa shape index (κ3) is 1.80. The molecule has 0 bridgehead atoms. The van der Waals surface area contributed by atoms with Crippen LogP contribution in [-0.4, -0.2) is 17.7 Å². The normalized spacial score (nSPS) is 13.4. The first-order valence-corrected chi connectivity index (χ1v) is 6.38. The molecular formula is C15H12N4O3. The van der Waals surface area contributed by atoms with E-state index in [-0.39, 0.29) is 28.1 Å². The maximum Gasteiger partial charge on any atom is 0.268 e. The number of amides is 3. The Balaban J connectivity index is 2.20. The van der Waals surface area contributed by atoms with Crippen LogP contribution in [-0.2, 0) is 0 Å². The second kappa shape index (κ2) is 4.59. The molecule has 3 rings (SSSR count). The highest BCUT2D eigenvalue weighted by Crippen LogP contribution is 2.33. The Bertz CT molecular complexity index is 845. The fraction of sp³-hybridized carbons (Fsp3) is 0. The van der Waals surface area contributed by atoms with E-state index < -0.39 is 17.7 Å². The van der Waals surface area contributed by atoms with Gasteiger partial charge in [-0.25, -0.2) is 4.90 Å². The molecule has 7 nitrogen and oxygen atoms in total. The highest BCUT2D eigenvalue weighted by Gasteiger charge is 2.39. The Morgan fingerprint density at radius 3 is 2.36 bits per heavy atom. The monoisotopic (exact) mass is 296 g/mol. The molecule has 7 heteroatoms. The lowest BCUT2D eigenvalue weighted by atomic mass is 10.1. The van der Waals surface area contributed by atoms with E-state index in [9.17, 15) is 14.4 Å². The molecule has 0 aromatic heterocycles. The van der Waals surface area contributed by atoms with Gasteiger partial charge in [-0.1, -0.05) is 6.07 Å². The summed E-state index contributed by atoms with van der Waals surface area (Å²) in [6.07, 6.45) is 0. The molecule has 3 amide bonds. The molecule has 0 unspecified atom stereocenters. The molecule has 6 N–H and O–H groups in total. The van der Waals surface area contributed by atoms with Crippen molar-refractivity contribution in [3.8, 4) is 0 Å². The highest BCUT2D eigenvalue weighted by atomic mass is 16.2. The van der Waals surface area contributed by atoms with Gasteiger partial charge in [-0.2, -0.15) is 0 Å². The molecule has 1 aliphatic heterocycles. The van der Waals surface area contributed by atoms with Crippen LogP contribution >= 0.6 is 0 Å². The number of nitrogen functional groups attached to an aromatic ring is 2. The number of hydrogen-bond donors (Lipinski definition) is 3. The zero-order valence-corrected chi connectivity index (χ0v) is 11.4. The summed E-state index contributed by atoms with van der Waals surface area (Å²) >= 11 is 0. The minimum absolute atomic E-state index is 0.00641. The average Bonchev–Trinajstić information content (AvgIpc) is 2.72. The molecule has 0 spiro atoms. The van der Waals surface area contributed by atoms with Crippen LogP contribution in [0.2, 0.25) is 0 Å². The van der Waals surface area contributed by atoms with E-state index in [2.05, 4.69) is 0 Å². The van der Waals surface area contributed by atoms with Crippen molar-refractivity contribution in [2.24, 2.45) is 5.73 Å². The molecule has 0 saturated carbocycles. The summed E-state index contributed by atoms with van der Waals surface area (Å²) in [6, 6.07) is 8.84. The van der Waals surface area contributed by atoms with Gasteiger partial charge < -0.3 is 17.2 Å². The van der Waals surface area contributed by atoms with Crippen LogP contribution in [0.3, 0.4) is 0 Å². The molecule has 1 heterocycles. The van der Waals surface area contributed by atoms with Crippen LogP contribution in [0, 0.1) is 0 Å². The van der Waals surface area contributed by atoms with Crippen molar-refractivity contribution in [1.82, 2.24) is 0 Å². The SMILES string of the molecule is NC(=O)c1cc(N)ccc1N1C(=O)c2cccc(N)c2C1=O. The van der Waals surface area contributed by atoms with Crippen molar-refractivity contribution >= 4 is 34.8 Å². The molecule has 2 aromatic carbocycles. The number of nitrogens with zero attached hydrogens (tertiary/aromatic N) is 1. The summed E-state index contributed by atoms with van der Waals surface area (Å²) in [5.74, 6) is -1.93. The predicted molar refractivity (Wildman–Crippen MR) is 81.4 cm³/mol. The van der Waals surface area contributed by atoms with Gasteiger partial charge in [0.2, 0.25) is 0 Å². The Kier molecular flexibility index (Phi) is 2.84. The van der Waals surface area contributed by atoms with Crippen LogP contribution in [0.1, 0.15) is 31.1 Å². The summed E-state index contributed by atoms with van der Waals surface area (Å²) in [5, 5.41) is 0. The van der Waals surface area contributed by atoms with Crippen LogP contribution < -0.4 is 22.1 Å². The maximum atomic E-state index is 12.5. The second-order valence-electron chi connectivity index (χ2n) is 4.86. The van der Waals surface area contributed by atoms with Gasteiger partial charge in [0, 0.05) is 11.4 Å². The molecule has 0 radical (unpaired) electrons. The molecule has 1 aliphatic rings. The Labute approximate surface area is 125 Å². The second-order valence-corrected chi connectivity index (χ2v) is 4.86. The van der Waals surface area contributed by atoms with Crippen molar-refractivity contribution in [1.29, 1.82) is 0 Å². The van der Waals surface area contributed by atoms with Gasteiger partial charge in [-0.05, 0) is 30.3 Å². The van der Waals surface area contributed by atoms with Gasteiger partial charge in [-0.15, -0.1) is 0 Å². The first-order chi connectivity index (χ1) is 10.4. The predicted octanol–water partition coefficient (Wildman–Crippen LogP) is 0.750. The summed E-state index contributed by atoms with van der Waals surface area (Å²) in [7, 11) is 0. The zero-order chi connectivity index (χ0) is 16.0. The summed E-state index contributed by atoms with van der Waals surface area (Å²) in [6.45, 7) is 0. The van der Waals surface area contributed by atoms with Gasteiger partial charge >= 0.3 is 0 Å². The third-order valence-corrected chi connectivity index (χ3v) is 3.47. The van der Waals surface area contributed by atoms with E-state index in [0.29, 0.717) is 5.69 Å². The fourth-order valence-corrected chi connectivity index (χ4v) is 2.48. The van der Waals surface area contributed by atoms with E-state index in [4.69, 9.17) is 17.2 Å². The summed E-state index contributed by atoms with van der Waals surface area (Å²) in [4.78, 5) is 37.5. The maximum absolute atomic E-state index is 12.5. The molecule has 22 heavy (non-hydrogen) atoms. The van der Waals surface area contributed by atoms with E-state index in [1.807, 2.05) is 0 Å². The number of nitrogens with two attached hydrogens (primary N) is 3. The lowest BCUT2D eigenvalue weighted by molar-refractivity contribution is 0.0926. The summed E-state index contributed by atoms with van der Waals surface area (Å²) < 4.78 is 0. The van der Waals surface area contributed by atoms with Crippen molar-refractivity contribution in [3.63, 3.8) is 0 Å². The van der Waals surface area contributed by atoms with Crippen molar-refractivity contribution in [3.05, 3.63) is 53.1 Å². The molecule has 110 valence electrons. The lowest BCUT2D eigenvalue weighted by Crippen LogP contribution is -2.32. The number of imide groups is 1. The van der Waals surface area contributed by atoms with Crippen molar-refractivity contribution < 1.29 is 14.4 Å². The van der Waals surface area contributed by atoms with Gasteiger partial charge in [0.15, 0.2) is 0 Å². The number of rotatable bonds is 2. The van der Waals surface area contributed by atoms with Gasteiger partial charge in [0.25, 0.3) is 17.7 Å². The number of anilines is 3. The van der Waals surface area contributed by atoms with E-state index >= 15 is 0 Å². The standard InChI is InChI=1S/C15H12N4O3/c16-7-4-5-11(9(6-7)13(18)20)19-14(21)8-2-1-3-10(17)12(8)15(19)22/h1-6H,16-17H2,(H2,18,20). The Morgan fingerprint density at radius 2 is 1.73 bits per heavy atom. The number of hydrogen-bond acceptors (Lipinski definition) is 5. The van der Waals surface area contributed by atoms with E-state index in [1.54, 1.807) is 6.07 Å². The molecule has 0 fully saturated rings. The highest BCUT2D eigenvalue weighted by molar-refractivity contribution is 6.36. The average molecular weight is 296 g/mol. The number of carbonyl (C=O) groups excluding carboxylic acids is 3. The first-order valence-electron chi connectivity index (χ1n) is 6.38. The van der Waals surface area contributed by atoms with Crippen LogP contribution in [0.4, 0.5) is 17.1 Å². The van der Waals surface area contributed by atoms with Gasteiger partial charge in [-0.3, -0.25) is 14.4 Å². The quantitative estimate of drug-likeness (QED) is 0.555. The van der Waals surface area contributed by atoms with Crippen molar-refractivity contribution in [2.45, 2.75) is 0 Å².